The molecule has 1 aromatic rings. The molecule has 0 aliphatic heterocycles. The van der Waals surface area contributed by atoms with Gasteiger partial charge in [-0.05, 0) is 49.8 Å². The van der Waals surface area contributed by atoms with Gasteiger partial charge in [0, 0.05) is 26.0 Å². The van der Waals surface area contributed by atoms with Crippen molar-refractivity contribution in [2.45, 2.75) is 51.5 Å². The molecule has 0 bridgehead atoms. The lowest BCUT2D eigenvalue weighted by Crippen LogP contribution is -2.40. The average Bonchev–Trinajstić information content (AvgIpc) is 2.56. The van der Waals surface area contributed by atoms with Gasteiger partial charge >= 0.3 is 0 Å². The van der Waals surface area contributed by atoms with E-state index >= 15 is 0 Å². The molecule has 0 aliphatic rings. The van der Waals surface area contributed by atoms with Gasteiger partial charge in [0.1, 0.15) is 0 Å². The van der Waals surface area contributed by atoms with Crippen LogP contribution in [0.3, 0.4) is 0 Å². The van der Waals surface area contributed by atoms with Gasteiger partial charge in [-0.15, -0.1) is 24.0 Å². The predicted molar refractivity (Wildman–Crippen MR) is 123 cm³/mol. The quantitative estimate of drug-likeness (QED) is 0.255. The van der Waals surface area contributed by atoms with Crippen LogP contribution in [0.25, 0.3) is 0 Å². The van der Waals surface area contributed by atoms with Crippen LogP contribution >= 0.6 is 24.0 Å². The number of aliphatic hydroxyl groups excluding tert-OH is 1. The summed E-state index contributed by atoms with van der Waals surface area (Å²) in [6, 6.07) is 5.32. The highest BCUT2D eigenvalue weighted by Crippen LogP contribution is 2.17. The summed E-state index contributed by atoms with van der Waals surface area (Å²) >= 11 is 0. The Morgan fingerprint density at radius 2 is 1.93 bits per heavy atom. The second-order valence-corrected chi connectivity index (χ2v) is 8.60. The van der Waals surface area contributed by atoms with Crippen molar-refractivity contribution in [1.29, 1.82) is 0 Å². The van der Waals surface area contributed by atoms with E-state index in [2.05, 4.69) is 22.5 Å². The Balaban J connectivity index is 0.00000676. The first-order valence-corrected chi connectivity index (χ1v) is 11.1. The van der Waals surface area contributed by atoms with Crippen LogP contribution in [0.5, 0.6) is 0 Å². The summed E-state index contributed by atoms with van der Waals surface area (Å²) in [5, 5.41) is 15.7. The maximum atomic E-state index is 11.7. The summed E-state index contributed by atoms with van der Waals surface area (Å²) in [5.41, 5.74) is 1.71. The summed E-state index contributed by atoms with van der Waals surface area (Å²) in [4.78, 5) is 4.95. The zero-order valence-electron chi connectivity index (χ0n) is 16.8. The SMILES string of the molecule is CCCC(CCO)CNC(=NCc1ccc(S(C)(=O)=O)c(C)c1)NCC.I. The normalized spacial score (nSPS) is 13.0. The first-order valence-electron chi connectivity index (χ1n) is 9.24. The van der Waals surface area contributed by atoms with E-state index in [1.54, 1.807) is 13.0 Å². The number of nitrogens with zero attached hydrogens (tertiary/aromatic N) is 1. The molecule has 0 heterocycles. The Bertz CT molecular complexity index is 687. The first-order chi connectivity index (χ1) is 12.3. The summed E-state index contributed by atoms with van der Waals surface area (Å²) in [7, 11) is -3.20. The van der Waals surface area contributed by atoms with E-state index in [0.717, 1.165) is 49.4 Å². The molecule has 27 heavy (non-hydrogen) atoms. The minimum absolute atomic E-state index is 0. The molecule has 6 nitrogen and oxygen atoms in total. The Morgan fingerprint density at radius 3 is 2.44 bits per heavy atom. The minimum atomic E-state index is -3.20. The van der Waals surface area contributed by atoms with Crippen molar-refractivity contribution in [1.82, 2.24) is 10.6 Å². The van der Waals surface area contributed by atoms with E-state index in [9.17, 15) is 13.5 Å². The highest BCUT2D eigenvalue weighted by molar-refractivity contribution is 14.0. The third-order valence-corrected chi connectivity index (χ3v) is 5.45. The monoisotopic (exact) mass is 511 g/mol. The zero-order valence-corrected chi connectivity index (χ0v) is 19.9. The van der Waals surface area contributed by atoms with Crippen LogP contribution in [-0.2, 0) is 16.4 Å². The van der Waals surface area contributed by atoms with Crippen LogP contribution in [0.2, 0.25) is 0 Å². The van der Waals surface area contributed by atoms with E-state index in [1.165, 1.54) is 6.26 Å². The van der Waals surface area contributed by atoms with Crippen LogP contribution in [0.15, 0.2) is 28.1 Å². The van der Waals surface area contributed by atoms with Crippen LogP contribution < -0.4 is 10.6 Å². The Hall–Kier alpha value is -0.870. The van der Waals surface area contributed by atoms with Crippen LogP contribution in [-0.4, -0.2) is 45.4 Å². The number of guanidine groups is 1. The lowest BCUT2D eigenvalue weighted by molar-refractivity contribution is 0.251. The molecule has 0 aliphatic carbocycles. The van der Waals surface area contributed by atoms with Gasteiger partial charge in [0.05, 0.1) is 11.4 Å². The van der Waals surface area contributed by atoms with Crippen molar-refractivity contribution in [2.75, 3.05) is 26.0 Å². The molecule has 0 radical (unpaired) electrons. The molecule has 0 aromatic heterocycles. The van der Waals surface area contributed by atoms with Crippen LogP contribution in [0, 0.1) is 12.8 Å². The number of rotatable bonds is 10. The average molecular weight is 511 g/mol. The van der Waals surface area contributed by atoms with Gasteiger partial charge < -0.3 is 15.7 Å². The number of hydrogen-bond acceptors (Lipinski definition) is 4. The summed E-state index contributed by atoms with van der Waals surface area (Å²) in [6.07, 6.45) is 4.16. The van der Waals surface area contributed by atoms with Gasteiger partial charge in [0.15, 0.2) is 15.8 Å². The topological polar surface area (TPSA) is 90.8 Å². The Kier molecular flexibility index (Phi) is 12.9. The van der Waals surface area contributed by atoms with Crippen molar-refractivity contribution >= 4 is 39.8 Å². The molecule has 1 atom stereocenters. The van der Waals surface area contributed by atoms with E-state index < -0.39 is 9.84 Å². The van der Waals surface area contributed by atoms with Crippen molar-refractivity contribution < 1.29 is 13.5 Å². The van der Waals surface area contributed by atoms with E-state index in [1.807, 2.05) is 19.1 Å². The van der Waals surface area contributed by atoms with Crippen LogP contribution in [0.4, 0.5) is 0 Å². The summed E-state index contributed by atoms with van der Waals surface area (Å²) in [5.74, 6) is 1.15. The van der Waals surface area contributed by atoms with Gasteiger partial charge in [-0.1, -0.05) is 25.5 Å². The van der Waals surface area contributed by atoms with E-state index in [4.69, 9.17) is 0 Å². The maximum absolute atomic E-state index is 11.7. The van der Waals surface area contributed by atoms with Crippen molar-refractivity contribution in [3.8, 4) is 0 Å². The number of aliphatic hydroxyl groups is 1. The van der Waals surface area contributed by atoms with Crippen molar-refractivity contribution in [3.05, 3.63) is 29.3 Å². The van der Waals surface area contributed by atoms with Gasteiger partial charge in [-0.3, -0.25) is 0 Å². The molecule has 1 aromatic carbocycles. The molecule has 0 fully saturated rings. The summed E-state index contributed by atoms with van der Waals surface area (Å²) in [6.45, 7) is 8.16. The minimum Gasteiger partial charge on any atom is -0.396 e. The molecule has 0 saturated carbocycles. The van der Waals surface area contributed by atoms with Gasteiger partial charge in [-0.2, -0.15) is 0 Å². The number of sulfone groups is 1. The maximum Gasteiger partial charge on any atom is 0.191 e. The molecule has 8 heteroatoms. The second-order valence-electron chi connectivity index (χ2n) is 6.62. The Labute approximate surface area is 181 Å². The molecule has 156 valence electrons. The van der Waals surface area contributed by atoms with E-state index in [0.29, 0.717) is 17.4 Å². The summed E-state index contributed by atoms with van der Waals surface area (Å²) < 4.78 is 23.4. The number of benzene rings is 1. The third kappa shape index (κ3) is 9.75. The highest BCUT2D eigenvalue weighted by atomic mass is 127. The third-order valence-electron chi connectivity index (χ3n) is 4.20. The number of hydrogen-bond donors (Lipinski definition) is 3. The fraction of sp³-hybridized carbons (Fsp3) is 0.632. The van der Waals surface area contributed by atoms with Crippen molar-refractivity contribution in [3.63, 3.8) is 0 Å². The van der Waals surface area contributed by atoms with Crippen LogP contribution in [0.1, 0.15) is 44.2 Å². The number of halogens is 1. The molecule has 1 rings (SSSR count). The van der Waals surface area contributed by atoms with Gasteiger partial charge in [0.2, 0.25) is 0 Å². The molecular formula is C19H34IN3O3S. The molecule has 0 saturated heterocycles. The lowest BCUT2D eigenvalue weighted by Gasteiger charge is -2.18. The second kappa shape index (κ2) is 13.3. The standard InChI is InChI=1S/C19H33N3O3S.HI/c1-5-7-16(10-11-23)13-21-19(20-6-2)22-14-17-8-9-18(15(3)12-17)26(4,24)25;/h8-9,12,16,23H,5-7,10-11,13-14H2,1-4H3,(H2,20,21,22);1H. The fourth-order valence-corrected chi connectivity index (χ4v) is 3.88. The molecule has 3 N–H and O–H groups in total. The predicted octanol–water partition coefficient (Wildman–Crippen LogP) is 2.87. The largest absolute Gasteiger partial charge is 0.396 e. The molecule has 1 unspecified atom stereocenters. The number of aryl methyl sites for hydroxylation is 1. The van der Waals surface area contributed by atoms with Crippen molar-refractivity contribution in [2.24, 2.45) is 10.9 Å². The Morgan fingerprint density at radius 1 is 1.22 bits per heavy atom. The molecular weight excluding hydrogens is 477 g/mol. The van der Waals surface area contributed by atoms with E-state index in [-0.39, 0.29) is 30.6 Å². The van der Waals surface area contributed by atoms with Gasteiger partial charge in [0.25, 0.3) is 0 Å². The highest BCUT2D eigenvalue weighted by Gasteiger charge is 2.11. The number of aliphatic imine (C=N–C) groups is 1. The zero-order chi connectivity index (χ0) is 19.6. The molecule has 0 spiro atoms. The fourth-order valence-electron chi connectivity index (χ4n) is 2.92. The number of nitrogens with one attached hydrogen (secondary N) is 2. The molecule has 0 amide bonds. The lowest BCUT2D eigenvalue weighted by atomic mass is 10.0. The smallest absolute Gasteiger partial charge is 0.191 e. The van der Waals surface area contributed by atoms with Gasteiger partial charge in [-0.25, -0.2) is 13.4 Å². The first kappa shape index (κ1) is 26.1.